The molecule has 0 saturated heterocycles. The summed E-state index contributed by atoms with van der Waals surface area (Å²) in [4.78, 5) is 35.6. The van der Waals surface area contributed by atoms with Gasteiger partial charge in [-0.05, 0) is 60.0 Å². The molecule has 0 bridgehead atoms. The zero-order valence-corrected chi connectivity index (χ0v) is 17.7. The molecule has 0 aromatic heterocycles. The molecule has 0 aliphatic carbocycles. The van der Waals surface area contributed by atoms with Crippen LogP contribution in [0.4, 0.5) is 0 Å². The van der Waals surface area contributed by atoms with Crippen LogP contribution in [0.1, 0.15) is 57.3 Å². The van der Waals surface area contributed by atoms with Gasteiger partial charge < -0.3 is 14.6 Å². The van der Waals surface area contributed by atoms with Gasteiger partial charge in [-0.3, -0.25) is 4.79 Å². The van der Waals surface area contributed by atoms with Crippen LogP contribution in [-0.2, 0) is 4.74 Å². The molecular formula is C26H24O6. The summed E-state index contributed by atoms with van der Waals surface area (Å²) in [5.41, 5.74) is 2.39. The molecule has 0 unspecified atom stereocenters. The van der Waals surface area contributed by atoms with Crippen LogP contribution in [-0.4, -0.2) is 29.9 Å². The van der Waals surface area contributed by atoms with Crippen LogP contribution in [0.25, 0.3) is 11.1 Å². The number of aromatic hydroxyl groups is 1. The lowest BCUT2D eigenvalue weighted by Gasteiger charge is -2.08. The highest BCUT2D eigenvalue weighted by atomic mass is 16.5. The van der Waals surface area contributed by atoms with E-state index in [1.54, 1.807) is 36.4 Å². The number of unbranched alkanes of at least 4 members (excludes halogenated alkanes) is 2. The van der Waals surface area contributed by atoms with Crippen LogP contribution in [0.3, 0.4) is 0 Å². The Morgan fingerprint density at radius 1 is 0.875 bits per heavy atom. The molecule has 1 N–H and O–H groups in total. The quantitative estimate of drug-likeness (QED) is 0.210. The molecule has 0 radical (unpaired) electrons. The summed E-state index contributed by atoms with van der Waals surface area (Å²) in [6.07, 6.45) is 3.45. The minimum Gasteiger partial charge on any atom is -0.508 e. The highest BCUT2D eigenvalue weighted by molar-refractivity contribution is 5.99. The third-order valence-electron chi connectivity index (χ3n) is 4.88. The molecule has 0 aliphatic heterocycles. The summed E-state index contributed by atoms with van der Waals surface area (Å²) in [5.74, 6) is -0.819. The summed E-state index contributed by atoms with van der Waals surface area (Å²) in [7, 11) is 0. The van der Waals surface area contributed by atoms with Gasteiger partial charge in [0.25, 0.3) is 0 Å². The molecule has 0 spiro atoms. The number of rotatable bonds is 9. The van der Waals surface area contributed by atoms with E-state index in [0.29, 0.717) is 24.2 Å². The van der Waals surface area contributed by atoms with Crippen molar-refractivity contribution in [3.63, 3.8) is 0 Å². The first-order valence-electron chi connectivity index (χ1n) is 10.4. The smallest absolute Gasteiger partial charge is 0.344 e. The Bertz CT molecular complexity index is 1080. The lowest BCUT2D eigenvalue weighted by atomic mass is 10.0. The number of esters is 2. The number of carbonyl (C=O) groups excluding carboxylic acids is 3. The lowest BCUT2D eigenvalue weighted by molar-refractivity contribution is 0.0497. The third-order valence-corrected chi connectivity index (χ3v) is 4.88. The second-order valence-corrected chi connectivity index (χ2v) is 7.22. The summed E-state index contributed by atoms with van der Waals surface area (Å²) in [6, 6.07) is 17.8. The van der Waals surface area contributed by atoms with Crippen molar-refractivity contribution < 1.29 is 29.0 Å². The Morgan fingerprint density at radius 3 is 2.16 bits per heavy atom. The van der Waals surface area contributed by atoms with Crippen molar-refractivity contribution in [3.8, 4) is 22.6 Å². The predicted octanol–water partition coefficient (Wildman–Crippen LogP) is 5.44. The van der Waals surface area contributed by atoms with E-state index in [2.05, 4.69) is 6.92 Å². The fourth-order valence-corrected chi connectivity index (χ4v) is 3.11. The van der Waals surface area contributed by atoms with E-state index >= 15 is 0 Å². The van der Waals surface area contributed by atoms with Crippen LogP contribution < -0.4 is 4.74 Å². The molecule has 32 heavy (non-hydrogen) atoms. The van der Waals surface area contributed by atoms with Gasteiger partial charge in [0.1, 0.15) is 11.5 Å². The van der Waals surface area contributed by atoms with Crippen LogP contribution >= 0.6 is 0 Å². The Labute approximate surface area is 186 Å². The number of hydrogen-bond donors (Lipinski definition) is 1. The molecule has 0 saturated carbocycles. The minimum atomic E-state index is -0.693. The normalized spacial score (nSPS) is 10.4. The van der Waals surface area contributed by atoms with Gasteiger partial charge in [-0.25, -0.2) is 9.59 Å². The molecule has 0 amide bonds. The summed E-state index contributed by atoms with van der Waals surface area (Å²) in [5, 5.41) is 9.45. The van der Waals surface area contributed by atoms with Gasteiger partial charge in [-0.1, -0.05) is 44.0 Å². The Kier molecular flexibility index (Phi) is 7.75. The van der Waals surface area contributed by atoms with E-state index in [1.165, 1.54) is 18.2 Å². The largest absolute Gasteiger partial charge is 0.508 e. The minimum absolute atomic E-state index is 0.0515. The molecule has 0 aliphatic rings. The van der Waals surface area contributed by atoms with Crippen molar-refractivity contribution in [2.24, 2.45) is 0 Å². The topological polar surface area (TPSA) is 89.9 Å². The highest BCUT2D eigenvalue weighted by Crippen LogP contribution is 2.24. The van der Waals surface area contributed by atoms with Crippen LogP contribution in [0.2, 0.25) is 0 Å². The molecular weight excluding hydrogens is 408 g/mol. The molecule has 3 aromatic carbocycles. The van der Waals surface area contributed by atoms with Crippen molar-refractivity contribution in [1.82, 2.24) is 0 Å². The monoisotopic (exact) mass is 432 g/mol. The molecule has 0 fully saturated rings. The van der Waals surface area contributed by atoms with E-state index in [0.717, 1.165) is 30.4 Å². The molecule has 3 aromatic rings. The molecule has 6 nitrogen and oxygen atoms in total. The molecule has 0 atom stereocenters. The fourth-order valence-electron chi connectivity index (χ4n) is 3.11. The van der Waals surface area contributed by atoms with Gasteiger partial charge in [0.2, 0.25) is 0 Å². The molecule has 164 valence electrons. The Morgan fingerprint density at radius 2 is 1.53 bits per heavy atom. The SMILES string of the molecule is CCCCCOC(=O)c1ccc(-c2ccc(OC(=O)c3ccc(O)cc3C=O)cc2)cc1. The summed E-state index contributed by atoms with van der Waals surface area (Å²) < 4.78 is 10.6. The number of phenolic OH excluding ortho intramolecular Hbond substituents is 1. The van der Waals surface area contributed by atoms with E-state index in [1.807, 2.05) is 12.1 Å². The zero-order chi connectivity index (χ0) is 22.9. The maximum atomic E-state index is 12.4. The van der Waals surface area contributed by atoms with Crippen molar-refractivity contribution in [2.45, 2.75) is 26.2 Å². The molecule has 6 heteroatoms. The van der Waals surface area contributed by atoms with Gasteiger partial charge >= 0.3 is 11.9 Å². The molecule has 0 heterocycles. The zero-order valence-electron chi connectivity index (χ0n) is 17.7. The second kappa shape index (κ2) is 10.9. The van der Waals surface area contributed by atoms with E-state index in [-0.39, 0.29) is 22.8 Å². The second-order valence-electron chi connectivity index (χ2n) is 7.22. The molecule has 3 rings (SSSR count). The number of aldehydes is 1. The fraction of sp³-hybridized carbons (Fsp3) is 0.192. The summed E-state index contributed by atoms with van der Waals surface area (Å²) >= 11 is 0. The van der Waals surface area contributed by atoms with E-state index in [4.69, 9.17) is 9.47 Å². The number of ether oxygens (including phenoxy) is 2. The van der Waals surface area contributed by atoms with Gasteiger partial charge in [0.05, 0.1) is 17.7 Å². The van der Waals surface area contributed by atoms with Crippen molar-refractivity contribution in [3.05, 3.63) is 83.4 Å². The highest BCUT2D eigenvalue weighted by Gasteiger charge is 2.14. The number of phenols is 1. The van der Waals surface area contributed by atoms with Gasteiger partial charge in [-0.15, -0.1) is 0 Å². The first kappa shape index (κ1) is 22.7. The van der Waals surface area contributed by atoms with Gasteiger partial charge in [-0.2, -0.15) is 0 Å². The maximum Gasteiger partial charge on any atom is 0.344 e. The van der Waals surface area contributed by atoms with Crippen molar-refractivity contribution in [2.75, 3.05) is 6.61 Å². The summed E-state index contributed by atoms with van der Waals surface area (Å²) in [6.45, 7) is 2.52. The van der Waals surface area contributed by atoms with Crippen LogP contribution in [0, 0.1) is 0 Å². The Balaban J connectivity index is 1.63. The standard InChI is InChI=1S/C26H24O6/c1-2-3-4-15-31-25(29)20-7-5-18(6-8-20)19-9-12-23(13-10-19)32-26(30)24-14-11-22(28)16-21(24)17-27/h5-14,16-17,28H,2-4,15H2,1H3. The van der Waals surface area contributed by atoms with Crippen molar-refractivity contribution >= 4 is 18.2 Å². The number of benzene rings is 3. The number of carbonyl (C=O) groups is 3. The van der Waals surface area contributed by atoms with Crippen LogP contribution in [0.5, 0.6) is 11.5 Å². The maximum absolute atomic E-state index is 12.4. The first-order chi connectivity index (χ1) is 15.5. The van der Waals surface area contributed by atoms with E-state index in [9.17, 15) is 19.5 Å². The van der Waals surface area contributed by atoms with Crippen LogP contribution in [0.15, 0.2) is 66.7 Å². The first-order valence-corrected chi connectivity index (χ1v) is 10.4. The average Bonchev–Trinajstić information content (AvgIpc) is 2.82. The van der Waals surface area contributed by atoms with Gasteiger partial charge in [0, 0.05) is 5.56 Å². The van der Waals surface area contributed by atoms with Crippen molar-refractivity contribution in [1.29, 1.82) is 0 Å². The lowest BCUT2D eigenvalue weighted by Crippen LogP contribution is -2.11. The number of hydrogen-bond acceptors (Lipinski definition) is 6. The predicted molar refractivity (Wildman–Crippen MR) is 120 cm³/mol. The third kappa shape index (κ3) is 5.82. The average molecular weight is 432 g/mol. The Hall–Kier alpha value is -3.93. The van der Waals surface area contributed by atoms with Gasteiger partial charge in [0.15, 0.2) is 6.29 Å². The van der Waals surface area contributed by atoms with E-state index < -0.39 is 5.97 Å².